The molecule has 1 N–H and O–H groups in total. The summed E-state index contributed by atoms with van der Waals surface area (Å²) in [4.78, 5) is 45.5. The topological polar surface area (TPSA) is 137 Å². The maximum Gasteiger partial charge on any atom is 0.292 e. The third kappa shape index (κ3) is 4.50. The maximum atomic E-state index is 12.5. The van der Waals surface area contributed by atoms with E-state index in [0.29, 0.717) is 5.56 Å². The SMILES string of the molecule is O=C(Nc1ccccc1[N+](=O)[O-])c1ccc(=O)n(Cc2cccc([N+](=O)[O-])c2)c1. The average Bonchev–Trinajstić information content (AvgIpc) is 2.70. The van der Waals surface area contributed by atoms with Crippen LogP contribution in [0.4, 0.5) is 17.1 Å². The zero-order valence-corrected chi connectivity index (χ0v) is 14.8. The molecule has 0 saturated heterocycles. The molecule has 0 spiro atoms. The molecule has 0 atom stereocenters. The van der Waals surface area contributed by atoms with Crippen LogP contribution in [0.1, 0.15) is 15.9 Å². The van der Waals surface area contributed by atoms with Gasteiger partial charge in [0, 0.05) is 30.5 Å². The van der Waals surface area contributed by atoms with Crippen molar-refractivity contribution in [3.63, 3.8) is 0 Å². The molecule has 1 heterocycles. The second kappa shape index (κ2) is 8.13. The van der Waals surface area contributed by atoms with Crippen LogP contribution in [0.3, 0.4) is 0 Å². The number of aromatic nitrogens is 1. The standard InChI is InChI=1S/C19H14N4O6/c24-18-9-8-14(19(25)20-16-6-1-2-7-17(16)23(28)29)12-21(18)11-13-4-3-5-15(10-13)22(26)27/h1-10,12H,11H2,(H,20,25). The van der Waals surface area contributed by atoms with Crippen LogP contribution in [-0.2, 0) is 6.54 Å². The Labute approximate surface area is 163 Å². The number of nitrogens with one attached hydrogen (secondary N) is 1. The highest BCUT2D eigenvalue weighted by Crippen LogP contribution is 2.23. The number of para-hydroxylation sites is 2. The lowest BCUT2D eigenvalue weighted by Crippen LogP contribution is -2.22. The second-order valence-corrected chi connectivity index (χ2v) is 6.04. The quantitative estimate of drug-likeness (QED) is 0.504. The van der Waals surface area contributed by atoms with E-state index in [2.05, 4.69) is 5.32 Å². The Morgan fingerprint density at radius 3 is 2.45 bits per heavy atom. The van der Waals surface area contributed by atoms with E-state index < -0.39 is 21.3 Å². The molecule has 0 aliphatic heterocycles. The minimum Gasteiger partial charge on any atom is -0.316 e. The van der Waals surface area contributed by atoms with Gasteiger partial charge in [0.05, 0.1) is 22.0 Å². The molecule has 146 valence electrons. The molecule has 2 aromatic carbocycles. The number of hydrogen-bond acceptors (Lipinski definition) is 6. The lowest BCUT2D eigenvalue weighted by atomic mass is 10.2. The van der Waals surface area contributed by atoms with Crippen molar-refractivity contribution in [1.29, 1.82) is 0 Å². The predicted molar refractivity (Wildman–Crippen MR) is 104 cm³/mol. The number of non-ortho nitro benzene ring substituents is 1. The van der Waals surface area contributed by atoms with Crippen LogP contribution in [0.5, 0.6) is 0 Å². The lowest BCUT2D eigenvalue weighted by Gasteiger charge is -2.09. The Morgan fingerprint density at radius 1 is 0.966 bits per heavy atom. The van der Waals surface area contributed by atoms with Crippen molar-refractivity contribution in [1.82, 2.24) is 4.57 Å². The molecular weight excluding hydrogens is 380 g/mol. The number of anilines is 1. The van der Waals surface area contributed by atoms with Crippen LogP contribution < -0.4 is 10.9 Å². The molecule has 0 radical (unpaired) electrons. The molecule has 3 aromatic rings. The normalized spacial score (nSPS) is 10.3. The van der Waals surface area contributed by atoms with E-state index >= 15 is 0 Å². The van der Waals surface area contributed by atoms with Crippen molar-refractivity contribution in [3.8, 4) is 0 Å². The first-order chi connectivity index (χ1) is 13.8. The van der Waals surface area contributed by atoms with Crippen molar-refractivity contribution < 1.29 is 14.6 Å². The van der Waals surface area contributed by atoms with E-state index in [1.807, 2.05) is 0 Å². The molecule has 10 heteroatoms. The van der Waals surface area contributed by atoms with Gasteiger partial charge in [-0.15, -0.1) is 0 Å². The van der Waals surface area contributed by atoms with Crippen LogP contribution in [0.25, 0.3) is 0 Å². The predicted octanol–water partition coefficient (Wildman–Crippen LogP) is 2.97. The first kappa shape index (κ1) is 19.4. The minimum atomic E-state index is -0.632. The molecule has 0 aliphatic carbocycles. The summed E-state index contributed by atoms with van der Waals surface area (Å²) >= 11 is 0. The highest BCUT2D eigenvalue weighted by Gasteiger charge is 2.16. The van der Waals surface area contributed by atoms with Gasteiger partial charge in [-0.3, -0.25) is 29.8 Å². The Morgan fingerprint density at radius 2 is 1.72 bits per heavy atom. The monoisotopic (exact) mass is 394 g/mol. The zero-order valence-electron chi connectivity index (χ0n) is 14.8. The molecule has 0 saturated carbocycles. The molecular formula is C19H14N4O6. The number of amides is 1. The fourth-order valence-corrected chi connectivity index (χ4v) is 2.69. The van der Waals surface area contributed by atoms with E-state index in [-0.39, 0.29) is 29.2 Å². The molecule has 29 heavy (non-hydrogen) atoms. The van der Waals surface area contributed by atoms with Crippen molar-refractivity contribution in [3.05, 3.63) is 109 Å². The lowest BCUT2D eigenvalue weighted by molar-refractivity contribution is -0.384. The smallest absolute Gasteiger partial charge is 0.292 e. The fourth-order valence-electron chi connectivity index (χ4n) is 2.69. The molecule has 1 aromatic heterocycles. The largest absolute Gasteiger partial charge is 0.316 e. The number of rotatable bonds is 6. The average molecular weight is 394 g/mol. The summed E-state index contributed by atoms with van der Waals surface area (Å²) in [7, 11) is 0. The van der Waals surface area contributed by atoms with Crippen molar-refractivity contribution in [2.75, 3.05) is 5.32 Å². The van der Waals surface area contributed by atoms with Crippen molar-refractivity contribution in [2.24, 2.45) is 0 Å². The minimum absolute atomic E-state index is 0.0210. The van der Waals surface area contributed by atoms with Gasteiger partial charge in [0.1, 0.15) is 5.69 Å². The van der Waals surface area contributed by atoms with Crippen LogP contribution in [0.2, 0.25) is 0 Å². The van der Waals surface area contributed by atoms with E-state index in [4.69, 9.17) is 0 Å². The van der Waals surface area contributed by atoms with Gasteiger partial charge in [-0.2, -0.15) is 0 Å². The van der Waals surface area contributed by atoms with Crippen LogP contribution in [0, 0.1) is 20.2 Å². The summed E-state index contributed by atoms with van der Waals surface area (Å²) in [6, 6.07) is 14.0. The van der Waals surface area contributed by atoms with Gasteiger partial charge in [0.2, 0.25) is 0 Å². The number of hydrogen-bond donors (Lipinski definition) is 1. The maximum absolute atomic E-state index is 12.5. The Hall–Kier alpha value is -4.34. The highest BCUT2D eigenvalue weighted by atomic mass is 16.6. The summed E-state index contributed by atoms with van der Waals surface area (Å²) in [6.45, 7) is 0.0210. The first-order valence-electron chi connectivity index (χ1n) is 8.34. The molecule has 3 rings (SSSR count). The first-order valence-corrected chi connectivity index (χ1v) is 8.34. The molecule has 0 bridgehead atoms. The molecule has 10 nitrogen and oxygen atoms in total. The van der Waals surface area contributed by atoms with E-state index in [1.165, 1.54) is 59.3 Å². The van der Waals surface area contributed by atoms with Gasteiger partial charge in [-0.1, -0.05) is 24.3 Å². The van der Waals surface area contributed by atoms with E-state index in [9.17, 15) is 29.8 Å². The van der Waals surface area contributed by atoms with Crippen molar-refractivity contribution >= 4 is 23.0 Å². The third-order valence-electron chi connectivity index (χ3n) is 4.07. The summed E-state index contributed by atoms with van der Waals surface area (Å²) < 4.78 is 1.23. The third-order valence-corrected chi connectivity index (χ3v) is 4.07. The summed E-state index contributed by atoms with van der Waals surface area (Å²) in [5, 5.41) is 24.4. The van der Waals surface area contributed by atoms with Crippen LogP contribution >= 0.6 is 0 Å². The van der Waals surface area contributed by atoms with Gasteiger partial charge in [0.15, 0.2) is 0 Å². The second-order valence-electron chi connectivity index (χ2n) is 6.04. The number of nitrogens with zero attached hydrogens (tertiary/aromatic N) is 3. The number of benzene rings is 2. The van der Waals surface area contributed by atoms with Gasteiger partial charge in [-0.25, -0.2) is 0 Å². The number of pyridine rings is 1. The number of carbonyl (C=O) groups excluding carboxylic acids is 1. The van der Waals surface area contributed by atoms with Gasteiger partial charge < -0.3 is 9.88 Å². The molecule has 0 aliphatic rings. The van der Waals surface area contributed by atoms with Gasteiger partial charge in [-0.05, 0) is 17.7 Å². The van der Waals surface area contributed by atoms with Crippen LogP contribution in [-0.4, -0.2) is 20.3 Å². The zero-order chi connectivity index (χ0) is 21.0. The summed E-state index contributed by atoms with van der Waals surface area (Å²) in [5.74, 6) is -0.632. The number of carbonyl (C=O) groups is 1. The van der Waals surface area contributed by atoms with E-state index in [1.54, 1.807) is 12.1 Å². The van der Waals surface area contributed by atoms with Crippen LogP contribution in [0.15, 0.2) is 71.7 Å². The summed E-state index contributed by atoms with van der Waals surface area (Å²) in [5.41, 5.74) is -0.130. The van der Waals surface area contributed by atoms with Gasteiger partial charge >= 0.3 is 0 Å². The van der Waals surface area contributed by atoms with Gasteiger partial charge in [0.25, 0.3) is 22.8 Å². The molecule has 0 fully saturated rings. The Balaban J connectivity index is 1.86. The van der Waals surface area contributed by atoms with E-state index in [0.717, 1.165) is 0 Å². The Kier molecular flexibility index (Phi) is 5.44. The number of nitro benzene ring substituents is 2. The fraction of sp³-hybridized carbons (Fsp3) is 0.0526. The molecule has 0 unspecified atom stereocenters. The highest BCUT2D eigenvalue weighted by molar-refractivity contribution is 6.05. The Bertz CT molecular complexity index is 1170. The molecule has 1 amide bonds. The van der Waals surface area contributed by atoms with Crippen molar-refractivity contribution in [2.45, 2.75) is 6.54 Å². The number of nitro groups is 2. The summed E-state index contributed by atoms with van der Waals surface area (Å²) in [6.07, 6.45) is 1.30.